The van der Waals surface area contributed by atoms with Crippen molar-refractivity contribution in [2.24, 2.45) is 0 Å². The van der Waals surface area contributed by atoms with E-state index in [-0.39, 0.29) is 0 Å². The van der Waals surface area contributed by atoms with Crippen LogP contribution < -0.4 is 5.32 Å². The van der Waals surface area contributed by atoms with Crippen LogP contribution in [0.5, 0.6) is 0 Å². The molecule has 0 bridgehead atoms. The first-order chi connectivity index (χ1) is 8.83. The molecule has 1 aliphatic carbocycles. The molecule has 0 amide bonds. The van der Waals surface area contributed by atoms with Crippen molar-refractivity contribution in [1.29, 1.82) is 0 Å². The van der Waals surface area contributed by atoms with Gasteiger partial charge in [0.1, 0.15) is 0 Å². The average Bonchev–Trinajstić information content (AvgIpc) is 2.91. The molecule has 1 aliphatic rings. The summed E-state index contributed by atoms with van der Waals surface area (Å²) in [6, 6.07) is 0. The lowest BCUT2D eigenvalue weighted by atomic mass is 10.2. The van der Waals surface area contributed by atoms with Gasteiger partial charge in [0.25, 0.3) is 0 Å². The third-order valence-electron chi connectivity index (χ3n) is 3.37. The highest BCUT2D eigenvalue weighted by Gasteiger charge is 2.07. The fourth-order valence-electron chi connectivity index (χ4n) is 2.31. The molecule has 1 aromatic heterocycles. The summed E-state index contributed by atoms with van der Waals surface area (Å²) in [6.45, 7) is 5.10. The van der Waals surface area contributed by atoms with Crippen molar-refractivity contribution >= 4 is 5.95 Å². The first-order valence-electron chi connectivity index (χ1n) is 6.97. The first kappa shape index (κ1) is 13.0. The largest absolute Gasteiger partial charge is 0.353 e. The van der Waals surface area contributed by atoms with Gasteiger partial charge in [-0.15, -0.1) is 5.10 Å². The van der Waals surface area contributed by atoms with Gasteiger partial charge >= 0.3 is 0 Å². The fraction of sp³-hybridized carbons (Fsp3) is 0.643. The van der Waals surface area contributed by atoms with E-state index >= 15 is 0 Å². The second-order valence-electron chi connectivity index (χ2n) is 4.67. The van der Waals surface area contributed by atoms with Gasteiger partial charge in [-0.3, -0.25) is 0 Å². The highest BCUT2D eigenvalue weighted by atomic mass is 15.2. The first-order valence-corrected chi connectivity index (χ1v) is 6.97. The summed E-state index contributed by atoms with van der Waals surface area (Å²) in [5, 5.41) is 11.6. The van der Waals surface area contributed by atoms with Crippen LogP contribution in [0.15, 0.2) is 11.6 Å². The van der Waals surface area contributed by atoms with Crippen LogP contribution in [0.3, 0.4) is 0 Å². The van der Waals surface area contributed by atoms with Gasteiger partial charge in [0.15, 0.2) is 0 Å². The molecule has 18 heavy (non-hydrogen) atoms. The van der Waals surface area contributed by atoms with Crippen molar-refractivity contribution in [3.63, 3.8) is 0 Å². The van der Waals surface area contributed by atoms with E-state index in [1.165, 1.54) is 19.3 Å². The molecular weight excluding hydrogens is 224 g/mol. The SMILES string of the molecule is CCc1nnc(NCCC2=CCCC2)nc1CC. The summed E-state index contributed by atoms with van der Waals surface area (Å²) in [5.74, 6) is 0.669. The maximum Gasteiger partial charge on any atom is 0.242 e. The lowest BCUT2D eigenvalue weighted by Crippen LogP contribution is -2.10. The Hall–Kier alpha value is -1.45. The van der Waals surface area contributed by atoms with Crippen molar-refractivity contribution in [2.45, 2.75) is 52.4 Å². The Balaban J connectivity index is 1.88. The van der Waals surface area contributed by atoms with Gasteiger partial charge in [0, 0.05) is 6.54 Å². The molecule has 0 radical (unpaired) electrons. The van der Waals surface area contributed by atoms with E-state index in [2.05, 4.69) is 40.4 Å². The van der Waals surface area contributed by atoms with Crippen molar-refractivity contribution in [2.75, 3.05) is 11.9 Å². The lowest BCUT2D eigenvalue weighted by Gasteiger charge is -2.08. The van der Waals surface area contributed by atoms with Gasteiger partial charge in [0.2, 0.25) is 5.95 Å². The topological polar surface area (TPSA) is 50.7 Å². The molecular formula is C14H22N4. The van der Waals surface area contributed by atoms with Gasteiger partial charge in [-0.1, -0.05) is 25.5 Å². The standard InChI is InChI=1S/C14H22N4/c1-3-12-13(4-2)17-18-14(16-12)15-10-9-11-7-5-6-8-11/h7H,3-6,8-10H2,1-2H3,(H,15,16,18). The highest BCUT2D eigenvalue weighted by molar-refractivity contribution is 5.26. The smallest absolute Gasteiger partial charge is 0.242 e. The van der Waals surface area contributed by atoms with Crippen LogP contribution in [0.4, 0.5) is 5.95 Å². The van der Waals surface area contributed by atoms with Gasteiger partial charge in [-0.2, -0.15) is 5.10 Å². The maximum absolute atomic E-state index is 4.52. The Morgan fingerprint density at radius 1 is 1.17 bits per heavy atom. The molecule has 0 aromatic carbocycles. The van der Waals surface area contributed by atoms with E-state index in [4.69, 9.17) is 0 Å². The molecule has 0 fully saturated rings. The van der Waals surface area contributed by atoms with Gasteiger partial charge in [0.05, 0.1) is 11.4 Å². The maximum atomic E-state index is 4.52. The highest BCUT2D eigenvalue weighted by Crippen LogP contribution is 2.20. The molecule has 1 aromatic rings. The number of hydrogen-bond acceptors (Lipinski definition) is 4. The zero-order chi connectivity index (χ0) is 12.8. The minimum Gasteiger partial charge on any atom is -0.353 e. The Bertz CT molecular complexity index is 426. The van der Waals surface area contributed by atoms with Crippen molar-refractivity contribution < 1.29 is 0 Å². The second-order valence-corrected chi connectivity index (χ2v) is 4.67. The molecule has 98 valence electrons. The normalized spacial score (nSPS) is 14.7. The average molecular weight is 246 g/mol. The molecule has 0 atom stereocenters. The Morgan fingerprint density at radius 3 is 2.67 bits per heavy atom. The number of hydrogen-bond donors (Lipinski definition) is 1. The minimum absolute atomic E-state index is 0.669. The summed E-state index contributed by atoms with van der Waals surface area (Å²) in [4.78, 5) is 4.52. The zero-order valence-electron chi connectivity index (χ0n) is 11.4. The van der Waals surface area contributed by atoms with Crippen molar-refractivity contribution in [3.05, 3.63) is 23.0 Å². The van der Waals surface area contributed by atoms with E-state index in [9.17, 15) is 0 Å². The second kappa shape index (κ2) is 6.47. The minimum atomic E-state index is 0.669. The predicted molar refractivity (Wildman–Crippen MR) is 73.6 cm³/mol. The molecule has 0 aliphatic heterocycles. The van der Waals surface area contributed by atoms with E-state index in [0.29, 0.717) is 5.95 Å². The molecule has 0 spiro atoms. The van der Waals surface area contributed by atoms with Gasteiger partial charge < -0.3 is 5.32 Å². The number of allylic oxidation sites excluding steroid dienone is 1. The van der Waals surface area contributed by atoms with Crippen LogP contribution in [0.2, 0.25) is 0 Å². The molecule has 4 nitrogen and oxygen atoms in total. The van der Waals surface area contributed by atoms with Crippen LogP contribution in [-0.2, 0) is 12.8 Å². The van der Waals surface area contributed by atoms with Crippen LogP contribution in [0.1, 0.15) is 50.9 Å². The molecule has 1 heterocycles. The molecule has 0 saturated carbocycles. The number of aryl methyl sites for hydroxylation is 2. The third-order valence-corrected chi connectivity index (χ3v) is 3.37. The van der Waals surface area contributed by atoms with Crippen LogP contribution in [-0.4, -0.2) is 21.7 Å². The monoisotopic (exact) mass is 246 g/mol. The quantitative estimate of drug-likeness (QED) is 0.784. The summed E-state index contributed by atoms with van der Waals surface area (Å²) in [6.07, 6.45) is 9.10. The summed E-state index contributed by atoms with van der Waals surface area (Å²) in [5.41, 5.74) is 3.65. The molecule has 1 N–H and O–H groups in total. The summed E-state index contributed by atoms with van der Waals surface area (Å²) >= 11 is 0. The van der Waals surface area contributed by atoms with Gasteiger partial charge in [-0.05, 0) is 38.5 Å². The summed E-state index contributed by atoms with van der Waals surface area (Å²) < 4.78 is 0. The number of anilines is 1. The van der Waals surface area contributed by atoms with E-state index in [0.717, 1.165) is 37.2 Å². The van der Waals surface area contributed by atoms with Crippen molar-refractivity contribution in [3.8, 4) is 0 Å². The fourth-order valence-corrected chi connectivity index (χ4v) is 2.31. The number of aromatic nitrogens is 3. The van der Waals surface area contributed by atoms with E-state index in [1.807, 2.05) is 0 Å². The molecule has 0 saturated heterocycles. The van der Waals surface area contributed by atoms with Crippen LogP contribution in [0, 0.1) is 0 Å². The Kier molecular flexibility index (Phi) is 4.67. The summed E-state index contributed by atoms with van der Waals surface area (Å²) in [7, 11) is 0. The van der Waals surface area contributed by atoms with Crippen molar-refractivity contribution in [1.82, 2.24) is 15.2 Å². The van der Waals surface area contributed by atoms with Crippen LogP contribution in [0.25, 0.3) is 0 Å². The predicted octanol–water partition coefficient (Wildman–Crippen LogP) is 2.91. The zero-order valence-corrected chi connectivity index (χ0v) is 11.4. The molecule has 4 heteroatoms. The molecule has 0 unspecified atom stereocenters. The third kappa shape index (κ3) is 3.28. The van der Waals surface area contributed by atoms with Crippen LogP contribution >= 0.6 is 0 Å². The van der Waals surface area contributed by atoms with E-state index < -0.39 is 0 Å². The number of nitrogens with zero attached hydrogens (tertiary/aromatic N) is 3. The number of nitrogens with one attached hydrogen (secondary N) is 1. The lowest BCUT2D eigenvalue weighted by molar-refractivity contribution is 0.811. The van der Waals surface area contributed by atoms with E-state index in [1.54, 1.807) is 5.57 Å². The Morgan fingerprint density at radius 2 is 2.00 bits per heavy atom. The Labute approximate surface area is 109 Å². The van der Waals surface area contributed by atoms with Gasteiger partial charge in [-0.25, -0.2) is 4.98 Å². The molecule has 2 rings (SSSR count). The number of rotatable bonds is 6.